The number of hydrogen-bond donors (Lipinski definition) is 2. The van der Waals surface area contributed by atoms with E-state index in [1.165, 1.54) is 0 Å². The van der Waals surface area contributed by atoms with Crippen molar-refractivity contribution in [1.82, 2.24) is 15.3 Å². The molecule has 0 fully saturated rings. The van der Waals surface area contributed by atoms with Crippen LogP contribution in [0.2, 0.25) is 5.15 Å². The molecule has 0 aromatic carbocycles. The zero-order valence-corrected chi connectivity index (χ0v) is 15.5. The number of rotatable bonds is 6. The Morgan fingerprint density at radius 2 is 1.91 bits per heavy atom. The number of halogens is 1. The number of anilines is 1. The quantitative estimate of drug-likeness (QED) is 0.606. The first-order valence-corrected chi connectivity index (χ1v) is 8.22. The van der Waals surface area contributed by atoms with Crippen LogP contribution >= 0.6 is 11.6 Å². The number of hydrogen-bond acceptors (Lipinski definition) is 5. The van der Waals surface area contributed by atoms with Crippen molar-refractivity contribution in [2.75, 3.05) is 18.4 Å². The van der Waals surface area contributed by atoms with Gasteiger partial charge in [0.2, 0.25) is 0 Å². The summed E-state index contributed by atoms with van der Waals surface area (Å²) < 4.78 is 5.17. The molecule has 0 saturated carbocycles. The molecule has 0 spiro atoms. The van der Waals surface area contributed by atoms with Crippen molar-refractivity contribution in [2.45, 2.75) is 59.5 Å². The van der Waals surface area contributed by atoms with Gasteiger partial charge in [-0.3, -0.25) is 0 Å². The van der Waals surface area contributed by atoms with Crippen molar-refractivity contribution < 1.29 is 9.53 Å². The number of nitrogens with zero attached hydrogens (tertiary/aromatic N) is 2. The summed E-state index contributed by atoms with van der Waals surface area (Å²) in [6.07, 6.45) is 0.345. The van der Waals surface area contributed by atoms with Crippen molar-refractivity contribution in [3.63, 3.8) is 0 Å². The van der Waals surface area contributed by atoms with Crippen LogP contribution in [0.4, 0.5) is 10.6 Å². The normalized spacial score (nSPS) is 11.5. The van der Waals surface area contributed by atoms with E-state index in [0.29, 0.717) is 18.2 Å². The first-order chi connectivity index (χ1) is 10.6. The Hall–Kier alpha value is -1.56. The molecule has 0 atom stereocenters. The molecule has 130 valence electrons. The molecule has 0 saturated heterocycles. The monoisotopic (exact) mass is 342 g/mol. The molecule has 2 N–H and O–H groups in total. The summed E-state index contributed by atoms with van der Waals surface area (Å²) >= 11 is 6.14. The van der Waals surface area contributed by atoms with E-state index in [0.717, 1.165) is 23.6 Å². The molecule has 23 heavy (non-hydrogen) atoms. The topological polar surface area (TPSA) is 76.1 Å². The summed E-state index contributed by atoms with van der Waals surface area (Å²) in [5, 5.41) is 6.43. The molecule has 0 unspecified atom stereocenters. The first-order valence-electron chi connectivity index (χ1n) is 7.85. The Morgan fingerprint density at radius 1 is 1.26 bits per heavy atom. The number of ether oxygens (including phenoxy) is 1. The molecule has 1 rings (SSSR count). The fraction of sp³-hybridized carbons (Fsp3) is 0.688. The molecule has 0 aliphatic carbocycles. The van der Waals surface area contributed by atoms with Gasteiger partial charge in [0.1, 0.15) is 22.4 Å². The van der Waals surface area contributed by atoms with E-state index in [1.54, 1.807) is 0 Å². The zero-order valence-electron chi connectivity index (χ0n) is 14.8. The second-order valence-corrected chi connectivity index (χ2v) is 7.07. The third-order valence-corrected chi connectivity index (χ3v) is 3.30. The van der Waals surface area contributed by atoms with Crippen molar-refractivity contribution >= 4 is 23.5 Å². The highest BCUT2D eigenvalue weighted by atomic mass is 35.5. The van der Waals surface area contributed by atoms with E-state index >= 15 is 0 Å². The van der Waals surface area contributed by atoms with Crippen LogP contribution in [-0.4, -0.2) is 34.8 Å². The van der Waals surface area contributed by atoms with Gasteiger partial charge in [-0.25, -0.2) is 14.8 Å². The molecule has 1 amide bonds. The third-order valence-electron chi connectivity index (χ3n) is 2.93. The number of carbonyl (C=O) groups excluding carboxylic acids is 1. The number of amides is 1. The molecule has 0 aliphatic heterocycles. The molecular weight excluding hydrogens is 316 g/mol. The molecule has 0 aliphatic rings. The lowest BCUT2D eigenvalue weighted by atomic mass is 10.2. The lowest BCUT2D eigenvalue weighted by Gasteiger charge is -2.19. The number of carbonyl (C=O) groups is 1. The second-order valence-electron chi connectivity index (χ2n) is 6.71. The maximum absolute atomic E-state index is 11.5. The summed E-state index contributed by atoms with van der Waals surface area (Å²) in [4.78, 5) is 20.3. The molecule has 1 aromatic rings. The average Bonchev–Trinajstić information content (AvgIpc) is 2.40. The second kappa shape index (κ2) is 8.34. The fourth-order valence-corrected chi connectivity index (χ4v) is 1.91. The Bertz CT molecular complexity index is 542. The van der Waals surface area contributed by atoms with Gasteiger partial charge < -0.3 is 15.4 Å². The lowest BCUT2D eigenvalue weighted by molar-refractivity contribution is 0.0528. The van der Waals surface area contributed by atoms with Crippen molar-refractivity contribution in [3.8, 4) is 0 Å². The predicted molar refractivity (Wildman–Crippen MR) is 93.2 cm³/mol. The van der Waals surface area contributed by atoms with Gasteiger partial charge in [0, 0.05) is 24.6 Å². The average molecular weight is 343 g/mol. The molecule has 6 nitrogen and oxygen atoms in total. The van der Waals surface area contributed by atoms with E-state index in [2.05, 4.69) is 20.6 Å². The van der Waals surface area contributed by atoms with Gasteiger partial charge in [0.15, 0.2) is 0 Å². The minimum atomic E-state index is -0.482. The van der Waals surface area contributed by atoms with Crippen LogP contribution in [0.25, 0.3) is 0 Å². The number of alkyl carbamates (subject to hydrolysis) is 1. The lowest BCUT2D eigenvalue weighted by Crippen LogP contribution is -2.33. The maximum Gasteiger partial charge on any atom is 0.407 e. The molecule has 0 bridgehead atoms. The summed E-state index contributed by atoms with van der Waals surface area (Å²) in [5.41, 5.74) is 0.348. The molecule has 7 heteroatoms. The van der Waals surface area contributed by atoms with E-state index in [1.807, 2.05) is 41.5 Å². The standard InChI is InChI=1S/C16H27ClN4O2/c1-10(2)13-20-12(17)11(3)14(21-13)18-8-7-9-19-15(22)23-16(4,5)6/h10H,7-9H2,1-6H3,(H,19,22)(H,18,20,21). The zero-order chi connectivity index (χ0) is 17.6. The van der Waals surface area contributed by atoms with E-state index in [-0.39, 0.29) is 5.92 Å². The van der Waals surface area contributed by atoms with Crippen molar-refractivity contribution in [3.05, 3.63) is 16.5 Å². The number of nitrogens with one attached hydrogen (secondary N) is 2. The molecular formula is C16H27ClN4O2. The summed E-state index contributed by atoms with van der Waals surface area (Å²) in [5.74, 6) is 1.67. The number of aromatic nitrogens is 2. The van der Waals surface area contributed by atoms with Gasteiger partial charge in [0.25, 0.3) is 0 Å². The van der Waals surface area contributed by atoms with Crippen LogP contribution in [0.3, 0.4) is 0 Å². The van der Waals surface area contributed by atoms with Crippen LogP contribution in [-0.2, 0) is 4.74 Å². The van der Waals surface area contributed by atoms with Crippen LogP contribution in [0.5, 0.6) is 0 Å². The van der Waals surface area contributed by atoms with E-state index in [9.17, 15) is 4.79 Å². The van der Waals surface area contributed by atoms with Crippen LogP contribution in [0.1, 0.15) is 58.3 Å². The summed E-state index contributed by atoms with van der Waals surface area (Å²) in [7, 11) is 0. The minimum absolute atomic E-state index is 0.211. The summed E-state index contributed by atoms with van der Waals surface area (Å²) in [6.45, 7) is 12.6. The highest BCUT2D eigenvalue weighted by Gasteiger charge is 2.15. The van der Waals surface area contributed by atoms with Gasteiger partial charge in [-0.1, -0.05) is 25.4 Å². The van der Waals surface area contributed by atoms with Gasteiger partial charge in [-0.2, -0.15) is 0 Å². The maximum atomic E-state index is 11.5. The summed E-state index contributed by atoms with van der Waals surface area (Å²) in [6, 6.07) is 0. The largest absolute Gasteiger partial charge is 0.444 e. The predicted octanol–water partition coefficient (Wildman–Crippen LogP) is 3.89. The fourth-order valence-electron chi connectivity index (χ4n) is 1.74. The Kier molecular flexibility index (Phi) is 7.06. The van der Waals surface area contributed by atoms with Gasteiger partial charge in [-0.05, 0) is 34.1 Å². The van der Waals surface area contributed by atoms with Gasteiger partial charge >= 0.3 is 6.09 Å². The van der Waals surface area contributed by atoms with Crippen LogP contribution in [0, 0.1) is 6.92 Å². The van der Waals surface area contributed by atoms with Crippen LogP contribution < -0.4 is 10.6 Å². The minimum Gasteiger partial charge on any atom is -0.444 e. The molecule has 1 heterocycles. The highest BCUT2D eigenvalue weighted by molar-refractivity contribution is 6.30. The van der Waals surface area contributed by atoms with Crippen molar-refractivity contribution in [1.29, 1.82) is 0 Å². The van der Waals surface area contributed by atoms with E-state index < -0.39 is 11.7 Å². The van der Waals surface area contributed by atoms with Crippen molar-refractivity contribution in [2.24, 2.45) is 0 Å². The molecule has 0 radical (unpaired) electrons. The Labute approximate surface area is 143 Å². The Balaban J connectivity index is 2.43. The molecule has 1 aromatic heterocycles. The first kappa shape index (κ1) is 19.5. The van der Waals surface area contributed by atoms with Crippen LogP contribution in [0.15, 0.2) is 0 Å². The highest BCUT2D eigenvalue weighted by Crippen LogP contribution is 2.22. The van der Waals surface area contributed by atoms with Gasteiger partial charge in [-0.15, -0.1) is 0 Å². The van der Waals surface area contributed by atoms with E-state index in [4.69, 9.17) is 16.3 Å². The van der Waals surface area contributed by atoms with Gasteiger partial charge in [0.05, 0.1) is 0 Å². The SMILES string of the molecule is Cc1c(Cl)nc(C(C)C)nc1NCCCNC(=O)OC(C)(C)C. The third kappa shape index (κ3) is 7.03. The Morgan fingerprint density at radius 3 is 2.48 bits per heavy atom. The smallest absolute Gasteiger partial charge is 0.407 e.